The minimum atomic E-state index is -3.66. The van der Waals surface area contributed by atoms with Gasteiger partial charge in [-0.15, -0.1) is 0 Å². The first-order chi connectivity index (χ1) is 11.0. The maximum absolute atomic E-state index is 12.1. The van der Waals surface area contributed by atoms with E-state index in [1.807, 2.05) is 0 Å². The Morgan fingerprint density at radius 3 is 2.78 bits per heavy atom. The van der Waals surface area contributed by atoms with Gasteiger partial charge in [-0.25, -0.2) is 13.1 Å². The van der Waals surface area contributed by atoms with Crippen LogP contribution in [0.2, 0.25) is 0 Å². The van der Waals surface area contributed by atoms with Crippen molar-refractivity contribution in [3.05, 3.63) is 17.5 Å². The number of hydrogen-bond donors (Lipinski definition) is 2. The van der Waals surface area contributed by atoms with E-state index < -0.39 is 15.9 Å². The summed E-state index contributed by atoms with van der Waals surface area (Å²) in [6.45, 7) is 1.02. The number of nitrogens with zero attached hydrogens (tertiary/aromatic N) is 1. The lowest BCUT2D eigenvalue weighted by Gasteiger charge is -2.19. The number of amides is 1. The highest BCUT2D eigenvalue weighted by molar-refractivity contribution is 7.90. The van der Waals surface area contributed by atoms with E-state index in [0.29, 0.717) is 25.6 Å². The van der Waals surface area contributed by atoms with Crippen LogP contribution in [0.5, 0.6) is 0 Å². The Hall–Kier alpha value is -1.41. The summed E-state index contributed by atoms with van der Waals surface area (Å²) in [4.78, 5) is 12.1. The molecular weight excluding hydrogens is 318 g/mol. The van der Waals surface area contributed by atoms with Crippen molar-refractivity contribution in [1.82, 2.24) is 14.9 Å². The van der Waals surface area contributed by atoms with Gasteiger partial charge in [0.2, 0.25) is 10.0 Å². The number of aromatic nitrogens is 2. The molecule has 0 bridgehead atoms. The topological polar surface area (TPSA) is 101 Å². The monoisotopic (exact) mass is 341 g/mol. The molecule has 1 saturated carbocycles. The average Bonchev–Trinajstić information content (AvgIpc) is 3.18. The van der Waals surface area contributed by atoms with E-state index in [0.717, 1.165) is 18.5 Å². The van der Waals surface area contributed by atoms with E-state index in [4.69, 9.17) is 4.74 Å². The minimum absolute atomic E-state index is 0.0442. The third-order valence-corrected chi connectivity index (χ3v) is 6.01. The molecule has 0 aromatic carbocycles. The molecule has 2 heterocycles. The van der Waals surface area contributed by atoms with Crippen LogP contribution in [0.15, 0.2) is 6.07 Å². The molecule has 1 saturated heterocycles. The molecule has 0 radical (unpaired) electrons. The van der Waals surface area contributed by atoms with Gasteiger partial charge in [0.1, 0.15) is 0 Å². The fraction of sp³-hybridized carbons (Fsp3) is 0.733. The predicted molar refractivity (Wildman–Crippen MR) is 84.6 cm³/mol. The van der Waals surface area contributed by atoms with Crippen LogP contribution in [-0.4, -0.2) is 43.5 Å². The Labute approximate surface area is 136 Å². The first kappa shape index (κ1) is 16.4. The Balaban J connectivity index is 1.60. The van der Waals surface area contributed by atoms with Crippen molar-refractivity contribution in [2.24, 2.45) is 5.92 Å². The maximum atomic E-state index is 12.1. The first-order valence-electron chi connectivity index (χ1n) is 8.21. The molecule has 0 spiro atoms. The fourth-order valence-electron chi connectivity index (χ4n) is 3.34. The lowest BCUT2D eigenvalue weighted by Crippen LogP contribution is -2.35. The smallest absolute Gasteiger partial charge is 0.285 e. The molecule has 8 heteroatoms. The lowest BCUT2D eigenvalue weighted by atomic mass is 9.87. The number of H-pyrrole nitrogens is 1. The highest BCUT2D eigenvalue weighted by Crippen LogP contribution is 2.31. The fourth-order valence-corrected chi connectivity index (χ4v) is 4.69. The van der Waals surface area contributed by atoms with Gasteiger partial charge in [-0.2, -0.15) is 5.10 Å². The van der Waals surface area contributed by atoms with E-state index in [1.165, 1.54) is 19.3 Å². The molecule has 1 aromatic heterocycles. The summed E-state index contributed by atoms with van der Waals surface area (Å²) in [7, 11) is -3.66. The van der Waals surface area contributed by atoms with Crippen molar-refractivity contribution < 1.29 is 17.9 Å². The molecular formula is C15H23N3O4S. The van der Waals surface area contributed by atoms with Crippen molar-refractivity contribution in [3.63, 3.8) is 0 Å². The average molecular weight is 341 g/mol. The Morgan fingerprint density at radius 1 is 1.30 bits per heavy atom. The van der Waals surface area contributed by atoms with Crippen molar-refractivity contribution in [2.75, 3.05) is 19.0 Å². The zero-order chi connectivity index (χ0) is 16.3. The predicted octanol–water partition coefficient (Wildman–Crippen LogP) is 1.55. The summed E-state index contributed by atoms with van der Waals surface area (Å²) in [5.41, 5.74) is 1.06. The zero-order valence-electron chi connectivity index (χ0n) is 13.1. The van der Waals surface area contributed by atoms with Crippen LogP contribution in [0.1, 0.15) is 60.6 Å². The largest absolute Gasteiger partial charge is 0.381 e. The summed E-state index contributed by atoms with van der Waals surface area (Å²) >= 11 is 0. The SMILES string of the molecule is O=C(NS(=O)(=O)C[C@@H]1CCOC1)c1cc(C2CCCCC2)[nH]n1. The van der Waals surface area contributed by atoms with Gasteiger partial charge in [0.15, 0.2) is 5.69 Å². The van der Waals surface area contributed by atoms with Gasteiger partial charge in [0, 0.05) is 24.1 Å². The number of sulfonamides is 1. The molecule has 2 fully saturated rings. The highest BCUT2D eigenvalue weighted by atomic mass is 32.2. The molecule has 2 aliphatic rings. The lowest BCUT2D eigenvalue weighted by molar-refractivity contribution is 0.0976. The summed E-state index contributed by atoms with van der Waals surface area (Å²) in [6, 6.07) is 1.68. The molecule has 1 aliphatic heterocycles. The third-order valence-electron chi connectivity index (χ3n) is 4.60. The van der Waals surface area contributed by atoms with Crippen molar-refractivity contribution in [3.8, 4) is 0 Å². The highest BCUT2D eigenvalue weighted by Gasteiger charge is 2.26. The summed E-state index contributed by atoms with van der Waals surface area (Å²) < 4.78 is 31.4. The molecule has 23 heavy (non-hydrogen) atoms. The first-order valence-corrected chi connectivity index (χ1v) is 9.86. The van der Waals surface area contributed by atoms with Crippen molar-refractivity contribution >= 4 is 15.9 Å². The van der Waals surface area contributed by atoms with Crippen LogP contribution in [0.25, 0.3) is 0 Å². The summed E-state index contributed by atoms with van der Waals surface area (Å²) in [5, 5.41) is 6.87. The normalized spacial score (nSPS) is 23.0. The Kier molecular flexibility index (Phi) is 5.01. The standard InChI is InChI=1S/C15H23N3O4S/c19-15(18-23(20,21)10-11-6-7-22-9-11)14-8-13(16-17-14)12-4-2-1-3-5-12/h8,11-12H,1-7,9-10H2,(H,16,17)(H,18,19)/t11-/m1/s1. The number of aromatic amines is 1. The molecule has 1 atom stereocenters. The van der Waals surface area contributed by atoms with Gasteiger partial charge >= 0.3 is 0 Å². The molecule has 128 valence electrons. The maximum Gasteiger partial charge on any atom is 0.285 e. The van der Waals surface area contributed by atoms with Gasteiger partial charge in [0.25, 0.3) is 5.91 Å². The van der Waals surface area contributed by atoms with Gasteiger partial charge in [-0.3, -0.25) is 9.89 Å². The zero-order valence-corrected chi connectivity index (χ0v) is 13.9. The van der Waals surface area contributed by atoms with Crippen LogP contribution in [0.3, 0.4) is 0 Å². The number of ether oxygens (including phenoxy) is 1. The van der Waals surface area contributed by atoms with Crippen LogP contribution < -0.4 is 4.72 Å². The van der Waals surface area contributed by atoms with Gasteiger partial charge in [0.05, 0.1) is 12.4 Å². The van der Waals surface area contributed by atoms with Crippen LogP contribution in [0.4, 0.5) is 0 Å². The summed E-state index contributed by atoms with van der Waals surface area (Å²) in [6.07, 6.45) is 6.50. The molecule has 1 amide bonds. The van der Waals surface area contributed by atoms with E-state index in [9.17, 15) is 13.2 Å². The number of rotatable bonds is 5. The van der Waals surface area contributed by atoms with E-state index >= 15 is 0 Å². The van der Waals surface area contributed by atoms with Crippen LogP contribution in [0, 0.1) is 5.92 Å². The molecule has 7 nitrogen and oxygen atoms in total. The second kappa shape index (κ2) is 7.00. The minimum Gasteiger partial charge on any atom is -0.381 e. The number of carbonyl (C=O) groups excluding carboxylic acids is 1. The quantitative estimate of drug-likeness (QED) is 0.846. The molecule has 1 aromatic rings. The van der Waals surface area contributed by atoms with Crippen molar-refractivity contribution in [2.45, 2.75) is 44.4 Å². The second-order valence-corrected chi connectivity index (χ2v) is 8.25. The van der Waals surface area contributed by atoms with Crippen molar-refractivity contribution in [1.29, 1.82) is 0 Å². The van der Waals surface area contributed by atoms with Crippen LogP contribution >= 0.6 is 0 Å². The van der Waals surface area contributed by atoms with Gasteiger partial charge in [-0.05, 0) is 25.3 Å². The molecule has 1 aliphatic carbocycles. The second-order valence-electron chi connectivity index (χ2n) is 6.49. The van der Waals surface area contributed by atoms with E-state index in [-0.39, 0.29) is 17.4 Å². The summed E-state index contributed by atoms with van der Waals surface area (Å²) in [5.74, 6) is -0.400. The number of carbonyl (C=O) groups is 1. The van der Waals surface area contributed by atoms with Gasteiger partial charge < -0.3 is 4.74 Å². The molecule has 3 rings (SSSR count). The van der Waals surface area contributed by atoms with Crippen LogP contribution in [-0.2, 0) is 14.8 Å². The Morgan fingerprint density at radius 2 is 2.09 bits per heavy atom. The van der Waals surface area contributed by atoms with E-state index in [2.05, 4.69) is 14.9 Å². The third kappa shape index (κ3) is 4.32. The molecule has 2 N–H and O–H groups in total. The number of hydrogen-bond acceptors (Lipinski definition) is 5. The van der Waals surface area contributed by atoms with Gasteiger partial charge in [-0.1, -0.05) is 19.3 Å². The molecule has 0 unspecified atom stereocenters. The Bertz CT molecular complexity index is 643. The number of nitrogens with one attached hydrogen (secondary N) is 2. The van der Waals surface area contributed by atoms with E-state index in [1.54, 1.807) is 6.07 Å².